The topological polar surface area (TPSA) is 49.3 Å². The maximum absolute atomic E-state index is 11.4. The first-order valence-electron chi connectivity index (χ1n) is 9.34. The van der Waals surface area contributed by atoms with Crippen LogP contribution in [0.1, 0.15) is 35.6 Å². The number of aryl methyl sites for hydroxylation is 1. The molecule has 0 aromatic heterocycles. The molecule has 0 heterocycles. The van der Waals surface area contributed by atoms with Crippen molar-refractivity contribution in [1.82, 2.24) is 5.32 Å². The number of carbonyl (C=O) groups is 1. The molecule has 0 radical (unpaired) electrons. The smallest absolute Gasteiger partial charge is 0.304 e. The van der Waals surface area contributed by atoms with Gasteiger partial charge < -0.3 is 10.4 Å². The summed E-state index contributed by atoms with van der Waals surface area (Å²) in [5.74, 6) is -0.777. The number of carboxylic acid groups (broad SMARTS) is 1. The molecular weight excluding hydrogens is 334 g/mol. The third-order valence-corrected chi connectivity index (χ3v) is 4.71. The molecule has 3 aromatic rings. The van der Waals surface area contributed by atoms with Gasteiger partial charge in [-0.1, -0.05) is 91.0 Å². The summed E-state index contributed by atoms with van der Waals surface area (Å²) in [5, 5.41) is 13.0. The Labute approximate surface area is 160 Å². The van der Waals surface area contributed by atoms with Gasteiger partial charge in [-0.3, -0.25) is 4.79 Å². The summed E-state index contributed by atoms with van der Waals surface area (Å²) < 4.78 is 0. The zero-order valence-corrected chi connectivity index (χ0v) is 15.3. The van der Waals surface area contributed by atoms with Crippen molar-refractivity contribution in [3.05, 3.63) is 108 Å². The monoisotopic (exact) mass is 359 g/mol. The fourth-order valence-electron chi connectivity index (χ4n) is 3.35. The molecule has 0 saturated heterocycles. The predicted octanol–water partition coefficient (Wildman–Crippen LogP) is 4.84. The molecule has 0 aliphatic rings. The van der Waals surface area contributed by atoms with Gasteiger partial charge in [0, 0.05) is 6.04 Å². The van der Waals surface area contributed by atoms with E-state index in [0.717, 1.165) is 24.0 Å². The number of rotatable bonds is 9. The van der Waals surface area contributed by atoms with Crippen LogP contribution in [-0.4, -0.2) is 17.1 Å². The summed E-state index contributed by atoms with van der Waals surface area (Å²) >= 11 is 0. The van der Waals surface area contributed by atoms with E-state index in [0.29, 0.717) is 0 Å². The third-order valence-electron chi connectivity index (χ3n) is 4.71. The van der Waals surface area contributed by atoms with Gasteiger partial charge in [0.2, 0.25) is 0 Å². The van der Waals surface area contributed by atoms with Crippen LogP contribution in [0.2, 0.25) is 0 Å². The summed E-state index contributed by atoms with van der Waals surface area (Å²) in [4.78, 5) is 11.4. The highest BCUT2D eigenvalue weighted by molar-refractivity contribution is 5.67. The van der Waals surface area contributed by atoms with Crippen molar-refractivity contribution in [3.8, 4) is 0 Å². The molecule has 0 saturated carbocycles. The molecule has 3 nitrogen and oxygen atoms in total. The fraction of sp³-hybridized carbons (Fsp3) is 0.208. The quantitative estimate of drug-likeness (QED) is 0.575. The Kier molecular flexibility index (Phi) is 6.78. The summed E-state index contributed by atoms with van der Waals surface area (Å²) in [5.41, 5.74) is 3.50. The minimum absolute atomic E-state index is 0.0347. The van der Waals surface area contributed by atoms with Crippen LogP contribution in [0.25, 0.3) is 0 Å². The number of carboxylic acids is 1. The first-order valence-corrected chi connectivity index (χ1v) is 9.34. The van der Waals surface area contributed by atoms with E-state index in [1.54, 1.807) is 0 Å². The molecule has 0 bridgehead atoms. The van der Waals surface area contributed by atoms with Crippen molar-refractivity contribution in [2.45, 2.75) is 31.3 Å². The largest absolute Gasteiger partial charge is 0.481 e. The van der Waals surface area contributed by atoms with E-state index in [9.17, 15) is 9.90 Å². The Morgan fingerprint density at radius 1 is 0.778 bits per heavy atom. The van der Waals surface area contributed by atoms with Gasteiger partial charge in [0.05, 0.1) is 12.5 Å². The van der Waals surface area contributed by atoms with Gasteiger partial charge in [-0.2, -0.15) is 0 Å². The molecule has 0 amide bonds. The third kappa shape index (κ3) is 5.80. The van der Waals surface area contributed by atoms with Crippen molar-refractivity contribution in [2.24, 2.45) is 0 Å². The maximum atomic E-state index is 11.4. The lowest BCUT2D eigenvalue weighted by molar-refractivity contribution is -0.137. The standard InChI is InChI=1S/C24H25NO2/c26-23(27)18-22(17-16-19-10-4-1-5-11-19)25-24(20-12-6-2-7-13-20)21-14-8-3-9-15-21/h1-15,22,24-25H,16-18H2,(H,26,27)/t22-/m1/s1. The first-order chi connectivity index (χ1) is 13.2. The van der Waals surface area contributed by atoms with Gasteiger partial charge in [-0.05, 0) is 29.5 Å². The van der Waals surface area contributed by atoms with Crippen molar-refractivity contribution in [1.29, 1.82) is 0 Å². The molecule has 3 aromatic carbocycles. The number of hydrogen-bond donors (Lipinski definition) is 2. The summed E-state index contributed by atoms with van der Waals surface area (Å²) in [6.45, 7) is 0. The number of nitrogens with one attached hydrogen (secondary N) is 1. The minimum atomic E-state index is -0.777. The van der Waals surface area contributed by atoms with Crippen molar-refractivity contribution in [2.75, 3.05) is 0 Å². The van der Waals surface area contributed by atoms with Crippen molar-refractivity contribution in [3.63, 3.8) is 0 Å². The van der Waals surface area contributed by atoms with Crippen LogP contribution in [0, 0.1) is 0 Å². The lowest BCUT2D eigenvalue weighted by atomic mass is 9.95. The lowest BCUT2D eigenvalue weighted by Gasteiger charge is -2.26. The van der Waals surface area contributed by atoms with Crippen molar-refractivity contribution >= 4 is 5.97 Å². The van der Waals surface area contributed by atoms with Gasteiger partial charge in [0.1, 0.15) is 0 Å². The van der Waals surface area contributed by atoms with Crippen LogP contribution in [0.5, 0.6) is 0 Å². The highest BCUT2D eigenvalue weighted by Gasteiger charge is 2.20. The zero-order valence-electron chi connectivity index (χ0n) is 15.3. The van der Waals surface area contributed by atoms with E-state index in [2.05, 4.69) is 41.7 Å². The Bertz CT molecular complexity index is 779. The molecule has 138 valence electrons. The maximum Gasteiger partial charge on any atom is 0.304 e. The van der Waals surface area contributed by atoms with Crippen LogP contribution in [0.15, 0.2) is 91.0 Å². The van der Waals surface area contributed by atoms with Gasteiger partial charge in [0.15, 0.2) is 0 Å². The molecule has 2 N–H and O–H groups in total. The van der Waals surface area contributed by atoms with Crippen LogP contribution >= 0.6 is 0 Å². The minimum Gasteiger partial charge on any atom is -0.481 e. The molecular formula is C24H25NO2. The van der Waals surface area contributed by atoms with Gasteiger partial charge in [0.25, 0.3) is 0 Å². The molecule has 0 aliphatic heterocycles. The molecule has 1 atom stereocenters. The molecule has 0 aliphatic carbocycles. The van der Waals surface area contributed by atoms with Gasteiger partial charge in [-0.25, -0.2) is 0 Å². The molecule has 27 heavy (non-hydrogen) atoms. The van der Waals surface area contributed by atoms with E-state index in [1.165, 1.54) is 5.56 Å². The highest BCUT2D eigenvalue weighted by Crippen LogP contribution is 2.24. The highest BCUT2D eigenvalue weighted by atomic mass is 16.4. The normalized spacial score (nSPS) is 12.0. The average Bonchev–Trinajstić information content (AvgIpc) is 2.71. The van der Waals surface area contributed by atoms with Crippen molar-refractivity contribution < 1.29 is 9.90 Å². The fourth-order valence-corrected chi connectivity index (χ4v) is 3.35. The van der Waals surface area contributed by atoms with Crippen LogP contribution in [0.4, 0.5) is 0 Å². The Morgan fingerprint density at radius 3 is 1.74 bits per heavy atom. The van der Waals surface area contributed by atoms with Gasteiger partial charge in [-0.15, -0.1) is 0 Å². The molecule has 0 fully saturated rings. The van der Waals surface area contributed by atoms with E-state index in [1.807, 2.05) is 54.6 Å². The zero-order chi connectivity index (χ0) is 18.9. The predicted molar refractivity (Wildman–Crippen MR) is 109 cm³/mol. The van der Waals surface area contributed by atoms with Crippen LogP contribution in [0.3, 0.4) is 0 Å². The van der Waals surface area contributed by atoms with E-state index >= 15 is 0 Å². The second-order valence-corrected chi connectivity index (χ2v) is 6.74. The summed E-state index contributed by atoms with van der Waals surface area (Å²) in [6, 6.07) is 30.4. The van der Waals surface area contributed by atoms with E-state index in [-0.39, 0.29) is 18.5 Å². The van der Waals surface area contributed by atoms with Crippen LogP contribution < -0.4 is 5.32 Å². The second kappa shape index (κ2) is 9.70. The molecule has 0 spiro atoms. The Hall–Kier alpha value is -2.91. The SMILES string of the molecule is O=C(O)C[C@@H](CCc1ccccc1)NC(c1ccccc1)c1ccccc1. The second-order valence-electron chi connectivity index (χ2n) is 6.74. The molecule has 0 unspecified atom stereocenters. The van der Waals surface area contributed by atoms with E-state index < -0.39 is 5.97 Å². The molecule has 3 heteroatoms. The first kappa shape index (κ1) is 18.9. The Morgan fingerprint density at radius 2 is 1.26 bits per heavy atom. The summed E-state index contributed by atoms with van der Waals surface area (Å²) in [7, 11) is 0. The van der Waals surface area contributed by atoms with Crippen LogP contribution in [-0.2, 0) is 11.2 Å². The number of hydrogen-bond acceptors (Lipinski definition) is 2. The summed E-state index contributed by atoms with van der Waals surface area (Å²) in [6.07, 6.45) is 1.72. The average molecular weight is 359 g/mol. The number of aliphatic carboxylic acids is 1. The van der Waals surface area contributed by atoms with Gasteiger partial charge >= 0.3 is 5.97 Å². The van der Waals surface area contributed by atoms with E-state index in [4.69, 9.17) is 0 Å². The number of benzene rings is 3. The Balaban J connectivity index is 1.80. The lowest BCUT2D eigenvalue weighted by Crippen LogP contribution is -2.35. The molecule has 3 rings (SSSR count).